The summed E-state index contributed by atoms with van der Waals surface area (Å²) in [6, 6.07) is 8.75. The first-order chi connectivity index (χ1) is 8.08. The molecule has 2 atom stereocenters. The van der Waals surface area contributed by atoms with Crippen LogP contribution in [0.3, 0.4) is 0 Å². The Morgan fingerprint density at radius 3 is 2.88 bits per heavy atom. The van der Waals surface area contributed by atoms with Gasteiger partial charge in [0.25, 0.3) is 0 Å². The van der Waals surface area contributed by atoms with Crippen LogP contribution in [-0.4, -0.2) is 29.1 Å². The van der Waals surface area contributed by atoms with Crippen LogP contribution in [0.4, 0.5) is 0 Å². The number of likely N-dealkylation sites (tertiary alicyclic amines) is 1. The molecule has 92 valence electrons. The number of carboxylic acid groups (broad SMARTS) is 1. The molecular weight excluding hydrogens is 214 g/mol. The van der Waals surface area contributed by atoms with Gasteiger partial charge in [-0.15, -0.1) is 0 Å². The van der Waals surface area contributed by atoms with Crippen molar-refractivity contribution in [1.82, 2.24) is 4.90 Å². The van der Waals surface area contributed by atoms with E-state index >= 15 is 0 Å². The van der Waals surface area contributed by atoms with Crippen LogP contribution in [0.1, 0.15) is 30.5 Å². The highest BCUT2D eigenvalue weighted by Crippen LogP contribution is 2.27. The minimum absolute atomic E-state index is 0.192. The summed E-state index contributed by atoms with van der Waals surface area (Å²) in [5.74, 6) is -0.855. The molecule has 0 aromatic heterocycles. The van der Waals surface area contributed by atoms with E-state index in [4.69, 9.17) is 5.11 Å². The largest absolute Gasteiger partial charge is 0.481 e. The molecule has 1 aromatic carbocycles. The first kappa shape index (κ1) is 12.1. The lowest BCUT2D eigenvalue weighted by Gasteiger charge is -2.24. The maximum Gasteiger partial charge on any atom is 0.307 e. The first-order valence-electron chi connectivity index (χ1n) is 6.11. The summed E-state index contributed by atoms with van der Waals surface area (Å²) in [5.41, 5.74) is 2.53. The van der Waals surface area contributed by atoms with Gasteiger partial charge in [-0.25, -0.2) is 0 Å². The fraction of sp³-hybridized carbons (Fsp3) is 0.500. The van der Waals surface area contributed by atoms with Crippen molar-refractivity contribution in [3.8, 4) is 0 Å². The first-order valence-corrected chi connectivity index (χ1v) is 6.11. The Bertz CT molecular complexity index is 416. The van der Waals surface area contributed by atoms with E-state index in [-0.39, 0.29) is 5.92 Å². The minimum Gasteiger partial charge on any atom is -0.481 e. The molecule has 0 aliphatic carbocycles. The zero-order valence-electron chi connectivity index (χ0n) is 10.4. The number of benzene rings is 1. The van der Waals surface area contributed by atoms with E-state index < -0.39 is 5.97 Å². The Morgan fingerprint density at radius 1 is 1.53 bits per heavy atom. The molecular formula is C14H19NO2. The smallest absolute Gasteiger partial charge is 0.307 e. The number of aryl methyl sites for hydroxylation is 1. The number of hydrogen-bond acceptors (Lipinski definition) is 2. The quantitative estimate of drug-likeness (QED) is 0.871. The van der Waals surface area contributed by atoms with Gasteiger partial charge in [0.05, 0.1) is 5.92 Å². The summed E-state index contributed by atoms with van der Waals surface area (Å²) in [6.45, 7) is 5.79. The highest BCUT2D eigenvalue weighted by atomic mass is 16.4. The fourth-order valence-corrected chi connectivity index (χ4v) is 2.48. The monoisotopic (exact) mass is 233 g/mol. The summed E-state index contributed by atoms with van der Waals surface area (Å²) in [7, 11) is 0. The zero-order chi connectivity index (χ0) is 12.4. The number of aliphatic carboxylic acids is 1. The number of hydrogen-bond donors (Lipinski definition) is 1. The fourth-order valence-electron chi connectivity index (χ4n) is 2.48. The topological polar surface area (TPSA) is 40.5 Å². The van der Waals surface area contributed by atoms with Crippen LogP contribution in [0, 0.1) is 12.8 Å². The molecule has 1 fully saturated rings. The van der Waals surface area contributed by atoms with Crippen LogP contribution in [0.5, 0.6) is 0 Å². The Morgan fingerprint density at radius 2 is 2.29 bits per heavy atom. The number of carboxylic acids is 1. The van der Waals surface area contributed by atoms with Crippen molar-refractivity contribution >= 4 is 5.97 Å². The maximum absolute atomic E-state index is 10.9. The molecule has 2 unspecified atom stereocenters. The third-order valence-corrected chi connectivity index (χ3v) is 3.64. The SMILES string of the molecule is Cc1cccc(C(C)N2CCC(C(=O)O)C2)c1. The van der Waals surface area contributed by atoms with Gasteiger partial charge in [-0.3, -0.25) is 9.69 Å². The highest BCUT2D eigenvalue weighted by molar-refractivity contribution is 5.70. The Labute approximate surface area is 102 Å². The highest BCUT2D eigenvalue weighted by Gasteiger charge is 2.30. The van der Waals surface area contributed by atoms with Gasteiger partial charge in [0.15, 0.2) is 0 Å². The molecule has 0 amide bonds. The van der Waals surface area contributed by atoms with Gasteiger partial charge in [-0.2, -0.15) is 0 Å². The molecule has 1 heterocycles. The normalized spacial score (nSPS) is 22.6. The molecule has 1 aliphatic heterocycles. The molecule has 1 saturated heterocycles. The Balaban J connectivity index is 2.06. The number of carbonyl (C=O) groups is 1. The van der Waals surface area contributed by atoms with Crippen LogP contribution in [0.2, 0.25) is 0 Å². The van der Waals surface area contributed by atoms with E-state index in [0.717, 1.165) is 13.0 Å². The van der Waals surface area contributed by atoms with Gasteiger partial charge < -0.3 is 5.11 Å². The van der Waals surface area contributed by atoms with Crippen molar-refractivity contribution in [2.75, 3.05) is 13.1 Å². The molecule has 0 saturated carbocycles. The van der Waals surface area contributed by atoms with E-state index in [9.17, 15) is 4.79 Å². The molecule has 1 aromatic rings. The Hall–Kier alpha value is -1.35. The van der Waals surface area contributed by atoms with Gasteiger partial charge >= 0.3 is 5.97 Å². The zero-order valence-corrected chi connectivity index (χ0v) is 10.4. The summed E-state index contributed by atoms with van der Waals surface area (Å²) in [6.07, 6.45) is 0.769. The third-order valence-electron chi connectivity index (χ3n) is 3.64. The molecule has 17 heavy (non-hydrogen) atoms. The number of rotatable bonds is 3. The summed E-state index contributed by atoms with van der Waals surface area (Å²) < 4.78 is 0. The van der Waals surface area contributed by atoms with E-state index in [1.54, 1.807) is 0 Å². The second-order valence-corrected chi connectivity index (χ2v) is 4.91. The molecule has 0 spiro atoms. The van der Waals surface area contributed by atoms with Gasteiger partial charge in [-0.05, 0) is 32.4 Å². The molecule has 0 bridgehead atoms. The second-order valence-electron chi connectivity index (χ2n) is 4.91. The van der Waals surface area contributed by atoms with E-state index in [1.807, 2.05) is 0 Å². The van der Waals surface area contributed by atoms with Crippen molar-refractivity contribution in [3.05, 3.63) is 35.4 Å². The van der Waals surface area contributed by atoms with E-state index in [0.29, 0.717) is 12.6 Å². The average molecular weight is 233 g/mol. The summed E-state index contributed by atoms with van der Waals surface area (Å²) >= 11 is 0. The molecule has 0 radical (unpaired) electrons. The van der Waals surface area contributed by atoms with Crippen molar-refractivity contribution < 1.29 is 9.90 Å². The molecule has 2 rings (SSSR count). The lowest BCUT2D eigenvalue weighted by atomic mass is 10.0. The van der Waals surface area contributed by atoms with Crippen LogP contribution >= 0.6 is 0 Å². The van der Waals surface area contributed by atoms with E-state index in [1.165, 1.54) is 11.1 Å². The van der Waals surface area contributed by atoms with Crippen molar-refractivity contribution in [2.45, 2.75) is 26.3 Å². The maximum atomic E-state index is 10.9. The van der Waals surface area contributed by atoms with Gasteiger partial charge in [-0.1, -0.05) is 29.8 Å². The van der Waals surface area contributed by atoms with Crippen LogP contribution in [0.25, 0.3) is 0 Å². The van der Waals surface area contributed by atoms with Gasteiger partial charge in [0.2, 0.25) is 0 Å². The van der Waals surface area contributed by atoms with Crippen LogP contribution < -0.4 is 0 Å². The molecule has 3 heteroatoms. The summed E-state index contributed by atoms with van der Waals surface area (Å²) in [5, 5.41) is 9.00. The summed E-state index contributed by atoms with van der Waals surface area (Å²) in [4.78, 5) is 13.2. The molecule has 1 N–H and O–H groups in total. The van der Waals surface area contributed by atoms with Crippen molar-refractivity contribution in [2.24, 2.45) is 5.92 Å². The minimum atomic E-state index is -0.663. The van der Waals surface area contributed by atoms with Crippen molar-refractivity contribution in [1.29, 1.82) is 0 Å². The average Bonchev–Trinajstić information content (AvgIpc) is 2.77. The predicted octanol–water partition coefficient (Wildman–Crippen LogP) is 2.46. The number of nitrogens with zero attached hydrogens (tertiary/aromatic N) is 1. The van der Waals surface area contributed by atoms with Crippen LogP contribution in [0.15, 0.2) is 24.3 Å². The second kappa shape index (κ2) is 4.88. The molecule has 3 nitrogen and oxygen atoms in total. The Kier molecular flexibility index (Phi) is 3.48. The lowest BCUT2D eigenvalue weighted by molar-refractivity contribution is -0.141. The third kappa shape index (κ3) is 2.67. The van der Waals surface area contributed by atoms with Gasteiger partial charge in [0, 0.05) is 12.6 Å². The lowest BCUT2D eigenvalue weighted by Crippen LogP contribution is -2.26. The standard InChI is InChI=1S/C14H19NO2/c1-10-4-3-5-12(8-10)11(2)15-7-6-13(9-15)14(16)17/h3-5,8,11,13H,6-7,9H2,1-2H3,(H,16,17). The van der Waals surface area contributed by atoms with Gasteiger partial charge in [0.1, 0.15) is 0 Å². The predicted molar refractivity (Wildman–Crippen MR) is 66.9 cm³/mol. The van der Waals surface area contributed by atoms with E-state index in [2.05, 4.69) is 43.0 Å². The van der Waals surface area contributed by atoms with Crippen LogP contribution in [-0.2, 0) is 4.79 Å². The molecule has 1 aliphatic rings. The van der Waals surface area contributed by atoms with Crippen molar-refractivity contribution in [3.63, 3.8) is 0 Å².